The first-order valence-corrected chi connectivity index (χ1v) is 13.0. The van der Waals surface area contributed by atoms with Crippen LogP contribution in [0.3, 0.4) is 0 Å². The molecule has 0 amide bonds. The Kier molecular flexibility index (Phi) is 9.12. The number of hydrogen-bond donors (Lipinski definition) is 0. The largest absolute Gasteiger partial charge is 0.285 e. The van der Waals surface area contributed by atoms with Crippen LogP contribution in [0.2, 0.25) is 0 Å². The van der Waals surface area contributed by atoms with Gasteiger partial charge in [-0.3, -0.25) is 9.97 Å². The van der Waals surface area contributed by atoms with Crippen LogP contribution in [0.4, 0.5) is 0 Å². The van der Waals surface area contributed by atoms with Gasteiger partial charge in [0.15, 0.2) is 0 Å². The smallest absolute Gasteiger partial charge is 0.108 e. The Labute approximate surface area is 252 Å². The summed E-state index contributed by atoms with van der Waals surface area (Å²) in [5.41, 5.74) is 7.82. The molecule has 0 bridgehead atoms. The molecule has 7 aromatic rings. The third-order valence-electron chi connectivity index (χ3n) is 6.39. The zero-order chi connectivity index (χ0) is 27.0. The molecule has 199 valence electrons. The van der Waals surface area contributed by atoms with Crippen molar-refractivity contribution in [2.75, 3.05) is 0 Å². The van der Waals surface area contributed by atoms with Crippen LogP contribution < -0.4 is 0 Å². The molecule has 4 nitrogen and oxygen atoms in total. The van der Waals surface area contributed by atoms with Crippen LogP contribution >= 0.6 is 0 Å². The molecule has 7 rings (SSSR count). The maximum Gasteiger partial charge on any atom is 0.108 e. The third kappa shape index (κ3) is 6.50. The number of fused-ring (bicyclic) bond motifs is 2. The van der Waals surface area contributed by atoms with E-state index in [0.29, 0.717) is 0 Å². The van der Waals surface area contributed by atoms with Crippen molar-refractivity contribution in [2.45, 2.75) is 0 Å². The van der Waals surface area contributed by atoms with Gasteiger partial charge >= 0.3 is 0 Å². The minimum atomic E-state index is 0. The molecule has 0 atom stereocenters. The molecule has 2 heterocycles. The molecule has 2 aromatic heterocycles. The Hall–Kier alpha value is -4.83. The molecule has 0 aliphatic carbocycles. The Morgan fingerprint density at radius 1 is 0.537 bits per heavy atom. The first kappa shape index (κ1) is 27.7. The van der Waals surface area contributed by atoms with Gasteiger partial charge in [0.25, 0.3) is 0 Å². The second-order valence-electron chi connectivity index (χ2n) is 8.99. The van der Waals surface area contributed by atoms with Crippen LogP contribution in [0.1, 0.15) is 16.8 Å². The van der Waals surface area contributed by atoms with Gasteiger partial charge in [-0.15, -0.1) is 59.7 Å². The average Bonchev–Trinajstić information content (AvgIpc) is 3.05. The van der Waals surface area contributed by atoms with E-state index in [1.165, 1.54) is 0 Å². The summed E-state index contributed by atoms with van der Waals surface area (Å²) in [6, 6.07) is 47.5. The van der Waals surface area contributed by atoms with Crippen molar-refractivity contribution in [3.63, 3.8) is 0 Å². The molecule has 0 spiro atoms. The molecule has 5 heteroatoms. The fraction of sp³-hybridized carbons (Fsp3) is 0. The van der Waals surface area contributed by atoms with Crippen molar-refractivity contribution >= 4 is 27.4 Å². The summed E-state index contributed by atoms with van der Waals surface area (Å²) in [7, 11) is 0. The maximum absolute atomic E-state index is 4.57. The number of nitrogens with zero attached hydrogens (tertiary/aromatic N) is 4. The van der Waals surface area contributed by atoms with Crippen LogP contribution in [0, 0.1) is 12.1 Å². The SMILES string of the molecule is [C-](=C(c1ccccc1)c1ncnc2ccccc12)c1ccccc1.[Ir].[c-]1ccccc1-c1ncnc2ccccc12. The van der Waals surface area contributed by atoms with E-state index in [2.05, 4.69) is 50.3 Å². The second-order valence-corrected chi connectivity index (χ2v) is 8.99. The minimum absolute atomic E-state index is 0. The quantitative estimate of drug-likeness (QED) is 0.138. The average molecular weight is 705 g/mol. The van der Waals surface area contributed by atoms with E-state index >= 15 is 0 Å². The summed E-state index contributed by atoms with van der Waals surface area (Å²) in [5, 5.41) is 2.09. The van der Waals surface area contributed by atoms with Crippen LogP contribution in [0.25, 0.3) is 38.6 Å². The van der Waals surface area contributed by atoms with Gasteiger partial charge < -0.3 is 0 Å². The summed E-state index contributed by atoms with van der Waals surface area (Å²) in [4.78, 5) is 17.5. The van der Waals surface area contributed by atoms with Crippen molar-refractivity contribution in [2.24, 2.45) is 0 Å². The summed E-state index contributed by atoms with van der Waals surface area (Å²) < 4.78 is 0. The van der Waals surface area contributed by atoms with Crippen molar-refractivity contribution in [1.82, 2.24) is 19.9 Å². The minimum Gasteiger partial charge on any atom is -0.285 e. The first-order chi connectivity index (χ1) is 19.9. The number of aromatic nitrogens is 4. The van der Waals surface area contributed by atoms with Gasteiger partial charge in [0.1, 0.15) is 12.7 Å². The molecule has 0 aliphatic heterocycles. The molecular weight excluding hydrogens is 681 g/mol. The molecule has 5 aromatic carbocycles. The molecule has 0 unspecified atom stereocenters. The fourth-order valence-electron chi connectivity index (χ4n) is 4.50. The molecule has 0 fully saturated rings. The first-order valence-electron chi connectivity index (χ1n) is 13.0. The topological polar surface area (TPSA) is 51.6 Å². The molecule has 0 saturated carbocycles. The van der Waals surface area contributed by atoms with E-state index in [1.54, 1.807) is 12.7 Å². The fourth-order valence-corrected chi connectivity index (χ4v) is 4.50. The van der Waals surface area contributed by atoms with Gasteiger partial charge in [-0.2, -0.15) is 0 Å². The van der Waals surface area contributed by atoms with Crippen molar-refractivity contribution in [3.8, 4) is 11.3 Å². The molecule has 41 heavy (non-hydrogen) atoms. The van der Waals surface area contributed by atoms with Crippen LogP contribution in [0.5, 0.6) is 0 Å². The van der Waals surface area contributed by atoms with Crippen LogP contribution in [-0.2, 0) is 20.1 Å². The summed E-state index contributed by atoms with van der Waals surface area (Å²) in [5.74, 6) is 0. The standard InChI is InChI=1S/C22H15N2.C14H9N2.Ir/c1-3-9-17(10-4-1)15-20(18-11-5-2-6-12-18)22-19-13-7-8-14-21(19)23-16-24-22;1-2-6-11(7-3-1)14-12-8-4-5-9-13(12)15-10-16-14;/h1-14,16H;1-6,8-10H;/q2*-1;. The number of benzene rings is 5. The van der Waals surface area contributed by atoms with Gasteiger partial charge in [0.2, 0.25) is 0 Å². The van der Waals surface area contributed by atoms with Gasteiger partial charge in [-0.25, -0.2) is 9.97 Å². The Morgan fingerprint density at radius 3 is 1.83 bits per heavy atom. The second kappa shape index (κ2) is 13.5. The summed E-state index contributed by atoms with van der Waals surface area (Å²) in [6.45, 7) is 0. The maximum atomic E-state index is 4.57. The molecule has 1 radical (unpaired) electrons. The zero-order valence-corrected chi connectivity index (χ0v) is 24.4. The Balaban J connectivity index is 0.000000173. The van der Waals surface area contributed by atoms with Crippen molar-refractivity contribution in [3.05, 3.63) is 175 Å². The van der Waals surface area contributed by atoms with E-state index in [-0.39, 0.29) is 20.1 Å². The predicted octanol–water partition coefficient (Wildman–Crippen LogP) is 8.01. The van der Waals surface area contributed by atoms with E-state index < -0.39 is 0 Å². The van der Waals surface area contributed by atoms with Gasteiger partial charge in [-0.1, -0.05) is 96.1 Å². The van der Waals surface area contributed by atoms with Crippen LogP contribution in [-0.4, -0.2) is 19.9 Å². The van der Waals surface area contributed by atoms with Crippen molar-refractivity contribution < 1.29 is 20.1 Å². The molecule has 0 N–H and O–H groups in total. The van der Waals surface area contributed by atoms with Gasteiger partial charge in [0, 0.05) is 25.8 Å². The third-order valence-corrected chi connectivity index (χ3v) is 6.39. The van der Waals surface area contributed by atoms with E-state index in [1.807, 2.05) is 115 Å². The Morgan fingerprint density at radius 2 is 1.12 bits per heavy atom. The van der Waals surface area contributed by atoms with Crippen molar-refractivity contribution in [1.29, 1.82) is 0 Å². The van der Waals surface area contributed by atoms with Gasteiger partial charge in [0.05, 0.1) is 11.0 Å². The molecule has 0 aliphatic rings. The predicted molar refractivity (Wildman–Crippen MR) is 161 cm³/mol. The number of hydrogen-bond acceptors (Lipinski definition) is 4. The molecular formula is C36H24IrN4-2. The summed E-state index contributed by atoms with van der Waals surface area (Å²) in [6.07, 6.45) is 6.74. The van der Waals surface area contributed by atoms with Crippen LogP contribution in [0.15, 0.2) is 146 Å². The zero-order valence-electron chi connectivity index (χ0n) is 22.0. The van der Waals surface area contributed by atoms with E-state index in [0.717, 1.165) is 55.5 Å². The van der Waals surface area contributed by atoms with E-state index in [9.17, 15) is 0 Å². The Bertz CT molecular complexity index is 1880. The number of para-hydroxylation sites is 2. The number of rotatable bonds is 4. The monoisotopic (exact) mass is 705 g/mol. The van der Waals surface area contributed by atoms with E-state index in [4.69, 9.17) is 0 Å². The normalized spacial score (nSPS) is 10.9. The van der Waals surface area contributed by atoms with Gasteiger partial charge in [-0.05, 0) is 28.6 Å². The summed E-state index contributed by atoms with van der Waals surface area (Å²) >= 11 is 0. The molecule has 0 saturated heterocycles.